The maximum absolute atomic E-state index is 8.67. The summed E-state index contributed by atoms with van der Waals surface area (Å²) in [6.45, 7) is 1.92. The molecule has 0 radical (unpaired) electrons. The van der Waals surface area contributed by atoms with Crippen molar-refractivity contribution >= 4 is 28.3 Å². The predicted molar refractivity (Wildman–Crippen MR) is 61.1 cm³/mol. The van der Waals surface area contributed by atoms with Crippen LogP contribution >= 0.6 is 24.0 Å². The highest BCUT2D eigenvalue weighted by atomic mass is 32.2. The van der Waals surface area contributed by atoms with Crippen molar-refractivity contribution in [2.75, 3.05) is 32.6 Å². The molecule has 13 heavy (non-hydrogen) atoms. The van der Waals surface area contributed by atoms with E-state index >= 15 is 0 Å². The Balaban J connectivity index is 3.79. The third kappa shape index (κ3) is 6.26. The van der Waals surface area contributed by atoms with Crippen LogP contribution in [-0.4, -0.2) is 52.0 Å². The molecule has 0 aromatic heterocycles. The standard InChI is InChI=1S/C8H17NO2S2/c1-13-8(12)9(4-2-6-10)5-3-7-11/h10-11H,2-7H2,1H3. The molecule has 2 N–H and O–H groups in total. The minimum atomic E-state index is 0.187. The van der Waals surface area contributed by atoms with Crippen molar-refractivity contribution in [3.8, 4) is 0 Å². The molecule has 0 aromatic rings. The molecule has 0 spiro atoms. The Morgan fingerprint density at radius 3 is 2.00 bits per heavy atom. The largest absolute Gasteiger partial charge is 0.396 e. The van der Waals surface area contributed by atoms with Crippen LogP contribution in [0.15, 0.2) is 0 Å². The van der Waals surface area contributed by atoms with Crippen molar-refractivity contribution < 1.29 is 10.2 Å². The minimum absolute atomic E-state index is 0.187. The second-order valence-electron chi connectivity index (χ2n) is 2.61. The topological polar surface area (TPSA) is 43.7 Å². The highest BCUT2D eigenvalue weighted by molar-refractivity contribution is 8.22. The van der Waals surface area contributed by atoms with Crippen LogP contribution in [0.25, 0.3) is 0 Å². The molecule has 0 heterocycles. The van der Waals surface area contributed by atoms with Crippen LogP contribution in [0, 0.1) is 0 Å². The fourth-order valence-electron chi connectivity index (χ4n) is 0.947. The number of aliphatic hydroxyl groups excluding tert-OH is 2. The van der Waals surface area contributed by atoms with Crippen molar-refractivity contribution in [1.82, 2.24) is 4.90 Å². The van der Waals surface area contributed by atoms with Crippen LogP contribution in [0.1, 0.15) is 12.8 Å². The summed E-state index contributed by atoms with van der Waals surface area (Å²) in [5.41, 5.74) is 0. The molecule has 3 nitrogen and oxygen atoms in total. The second-order valence-corrected chi connectivity index (χ2v) is 4.05. The zero-order valence-corrected chi connectivity index (χ0v) is 9.53. The summed E-state index contributed by atoms with van der Waals surface area (Å²) in [7, 11) is 0. The Morgan fingerprint density at radius 1 is 1.23 bits per heavy atom. The molecule has 0 rings (SSSR count). The average Bonchev–Trinajstić information content (AvgIpc) is 2.17. The van der Waals surface area contributed by atoms with E-state index in [4.69, 9.17) is 22.4 Å². The van der Waals surface area contributed by atoms with Crippen LogP contribution < -0.4 is 0 Å². The Morgan fingerprint density at radius 2 is 1.69 bits per heavy atom. The average molecular weight is 223 g/mol. The van der Waals surface area contributed by atoms with Crippen molar-refractivity contribution in [2.24, 2.45) is 0 Å². The fraction of sp³-hybridized carbons (Fsp3) is 0.875. The van der Waals surface area contributed by atoms with Gasteiger partial charge in [0.1, 0.15) is 4.32 Å². The summed E-state index contributed by atoms with van der Waals surface area (Å²) >= 11 is 6.66. The van der Waals surface area contributed by atoms with E-state index < -0.39 is 0 Å². The highest BCUT2D eigenvalue weighted by Crippen LogP contribution is 2.06. The van der Waals surface area contributed by atoms with Crippen LogP contribution in [0.3, 0.4) is 0 Å². The van der Waals surface area contributed by atoms with Gasteiger partial charge in [-0.05, 0) is 19.1 Å². The summed E-state index contributed by atoms with van der Waals surface area (Å²) < 4.78 is 0.835. The van der Waals surface area contributed by atoms with E-state index in [1.54, 1.807) is 0 Å². The summed E-state index contributed by atoms with van der Waals surface area (Å²) in [5, 5.41) is 17.3. The van der Waals surface area contributed by atoms with Crippen molar-refractivity contribution in [2.45, 2.75) is 12.8 Å². The summed E-state index contributed by atoms with van der Waals surface area (Å²) in [6, 6.07) is 0. The Bertz CT molecular complexity index is 136. The monoisotopic (exact) mass is 223 g/mol. The van der Waals surface area contributed by atoms with Crippen LogP contribution in [0.2, 0.25) is 0 Å². The van der Waals surface area contributed by atoms with Gasteiger partial charge in [-0.2, -0.15) is 0 Å². The van der Waals surface area contributed by atoms with Gasteiger partial charge in [-0.25, -0.2) is 0 Å². The molecule has 0 amide bonds. The molecule has 0 saturated heterocycles. The first-order valence-electron chi connectivity index (χ1n) is 4.31. The molecule has 0 saturated carbocycles. The zero-order valence-electron chi connectivity index (χ0n) is 7.90. The Labute approximate surface area is 89.1 Å². The lowest BCUT2D eigenvalue weighted by molar-refractivity contribution is 0.249. The van der Waals surface area contributed by atoms with Gasteiger partial charge in [0.05, 0.1) is 0 Å². The number of thiocarbonyl (C=S) groups is 1. The maximum Gasteiger partial charge on any atom is 0.136 e. The van der Waals surface area contributed by atoms with Crippen molar-refractivity contribution in [3.63, 3.8) is 0 Å². The molecule has 0 atom stereocenters. The Hall–Kier alpha value is 0.160. The van der Waals surface area contributed by atoms with E-state index in [1.807, 2.05) is 11.2 Å². The molecule has 0 bridgehead atoms. The van der Waals surface area contributed by atoms with Gasteiger partial charge in [-0.1, -0.05) is 12.2 Å². The van der Waals surface area contributed by atoms with Crippen LogP contribution in [-0.2, 0) is 0 Å². The van der Waals surface area contributed by atoms with Crippen LogP contribution in [0.5, 0.6) is 0 Å². The molecule has 0 aliphatic heterocycles. The maximum atomic E-state index is 8.67. The smallest absolute Gasteiger partial charge is 0.136 e. The lowest BCUT2D eigenvalue weighted by Gasteiger charge is -2.23. The number of rotatable bonds is 6. The van der Waals surface area contributed by atoms with Crippen molar-refractivity contribution in [1.29, 1.82) is 0 Å². The quantitative estimate of drug-likeness (QED) is 0.649. The van der Waals surface area contributed by atoms with Gasteiger partial charge in [0, 0.05) is 26.3 Å². The predicted octanol–water partition coefficient (Wildman–Crippen LogP) is 0.701. The van der Waals surface area contributed by atoms with E-state index in [0.717, 1.165) is 30.3 Å². The molecule has 0 aromatic carbocycles. The molecule has 0 aliphatic rings. The van der Waals surface area contributed by atoms with Gasteiger partial charge in [0.25, 0.3) is 0 Å². The van der Waals surface area contributed by atoms with E-state index in [9.17, 15) is 0 Å². The van der Waals surface area contributed by atoms with Gasteiger partial charge < -0.3 is 15.1 Å². The van der Waals surface area contributed by atoms with E-state index in [2.05, 4.69) is 0 Å². The first kappa shape index (κ1) is 13.2. The molecule has 0 unspecified atom stereocenters. The molecular weight excluding hydrogens is 206 g/mol. The lowest BCUT2D eigenvalue weighted by atomic mass is 10.3. The minimum Gasteiger partial charge on any atom is -0.396 e. The number of aliphatic hydroxyl groups is 2. The summed E-state index contributed by atoms with van der Waals surface area (Å²) in [5.74, 6) is 0. The Kier molecular flexibility index (Phi) is 8.85. The van der Waals surface area contributed by atoms with E-state index in [-0.39, 0.29) is 13.2 Å². The highest BCUT2D eigenvalue weighted by Gasteiger charge is 2.06. The van der Waals surface area contributed by atoms with Gasteiger partial charge in [-0.3, -0.25) is 0 Å². The second kappa shape index (κ2) is 8.74. The van der Waals surface area contributed by atoms with Gasteiger partial charge in [-0.15, -0.1) is 11.8 Å². The number of thioether (sulfide) groups is 1. The van der Waals surface area contributed by atoms with Gasteiger partial charge >= 0.3 is 0 Å². The molecule has 0 aliphatic carbocycles. The normalized spacial score (nSPS) is 10.1. The van der Waals surface area contributed by atoms with E-state index in [1.165, 1.54) is 11.8 Å². The first-order valence-corrected chi connectivity index (χ1v) is 5.94. The van der Waals surface area contributed by atoms with Crippen molar-refractivity contribution in [3.05, 3.63) is 0 Å². The molecule has 0 fully saturated rings. The number of hydrogen-bond donors (Lipinski definition) is 2. The summed E-state index contributed by atoms with van der Waals surface area (Å²) in [4.78, 5) is 2.02. The fourth-order valence-corrected chi connectivity index (χ4v) is 1.57. The third-order valence-electron chi connectivity index (χ3n) is 1.61. The van der Waals surface area contributed by atoms with E-state index in [0.29, 0.717) is 0 Å². The number of hydrogen-bond acceptors (Lipinski definition) is 4. The first-order chi connectivity index (χ1) is 6.26. The molecule has 5 heteroatoms. The van der Waals surface area contributed by atoms with Crippen LogP contribution in [0.4, 0.5) is 0 Å². The SMILES string of the molecule is CSC(=S)N(CCCO)CCCO. The van der Waals surface area contributed by atoms with Gasteiger partial charge in [0.2, 0.25) is 0 Å². The third-order valence-corrected chi connectivity index (χ3v) is 2.97. The lowest BCUT2D eigenvalue weighted by Crippen LogP contribution is -2.30. The van der Waals surface area contributed by atoms with Gasteiger partial charge in [0.15, 0.2) is 0 Å². The molecule has 78 valence electrons. The zero-order chi connectivity index (χ0) is 10.1. The number of nitrogens with zero attached hydrogens (tertiary/aromatic N) is 1. The summed E-state index contributed by atoms with van der Waals surface area (Å²) in [6.07, 6.45) is 3.39. The molecular formula is C8H17NO2S2.